The molecule has 2 atom stereocenters. The largest absolute Gasteiger partial charge is 0.441 e. The molecule has 0 radical (unpaired) electrons. The fourth-order valence-corrected chi connectivity index (χ4v) is 4.19. The molecule has 2 aliphatic heterocycles. The molecule has 3 heterocycles. The third-order valence-electron chi connectivity index (χ3n) is 5.86. The Morgan fingerprint density at radius 3 is 2.72 bits per heavy atom. The van der Waals surface area contributed by atoms with Crippen molar-refractivity contribution >= 4 is 11.8 Å². The molecule has 0 unspecified atom stereocenters. The first-order chi connectivity index (χ1) is 14.1. The van der Waals surface area contributed by atoms with Crippen LogP contribution >= 0.6 is 0 Å². The van der Waals surface area contributed by atoms with E-state index in [1.807, 2.05) is 54.0 Å². The van der Waals surface area contributed by atoms with Gasteiger partial charge in [-0.3, -0.25) is 9.59 Å². The highest BCUT2D eigenvalue weighted by Crippen LogP contribution is 2.33. The van der Waals surface area contributed by atoms with Crippen LogP contribution in [-0.2, 0) is 20.7 Å². The molecule has 7 heteroatoms. The molecule has 0 N–H and O–H groups in total. The van der Waals surface area contributed by atoms with E-state index in [1.165, 1.54) is 0 Å². The lowest BCUT2D eigenvalue weighted by molar-refractivity contribution is -0.152. The lowest BCUT2D eigenvalue weighted by atomic mass is 9.82. The van der Waals surface area contributed by atoms with E-state index in [0.29, 0.717) is 49.5 Å². The standard InChI is InChI=1S/C22H27N3O4/c1-3-28-14-21(27)24-10-9-19-17(12-24)13-25(19)20(26)11-18-15(2)29-22(23-18)16-7-5-4-6-8-16/h4-8,17,19H,3,9-14H2,1-2H3/t17-,19-/m0/s1. The number of hydrogen-bond donors (Lipinski definition) is 0. The molecule has 7 nitrogen and oxygen atoms in total. The number of aromatic nitrogens is 1. The Balaban J connectivity index is 1.34. The molecule has 2 fully saturated rings. The zero-order valence-corrected chi connectivity index (χ0v) is 17.0. The summed E-state index contributed by atoms with van der Waals surface area (Å²) in [6.45, 7) is 6.51. The lowest BCUT2D eigenvalue weighted by Crippen LogP contribution is -2.66. The van der Waals surface area contributed by atoms with Crippen molar-refractivity contribution in [2.75, 3.05) is 32.8 Å². The van der Waals surface area contributed by atoms with Gasteiger partial charge in [-0.2, -0.15) is 0 Å². The summed E-state index contributed by atoms with van der Waals surface area (Å²) in [5, 5.41) is 0. The zero-order chi connectivity index (χ0) is 20.4. The third-order valence-corrected chi connectivity index (χ3v) is 5.86. The minimum atomic E-state index is 0.0433. The Morgan fingerprint density at radius 2 is 2.00 bits per heavy atom. The van der Waals surface area contributed by atoms with E-state index >= 15 is 0 Å². The lowest BCUT2D eigenvalue weighted by Gasteiger charge is -2.53. The number of ether oxygens (including phenoxy) is 1. The van der Waals surface area contributed by atoms with E-state index in [4.69, 9.17) is 9.15 Å². The van der Waals surface area contributed by atoms with Gasteiger partial charge in [0.1, 0.15) is 12.4 Å². The van der Waals surface area contributed by atoms with Crippen LogP contribution in [-0.4, -0.2) is 65.5 Å². The van der Waals surface area contributed by atoms with Crippen molar-refractivity contribution in [3.8, 4) is 11.5 Å². The number of likely N-dealkylation sites (tertiary alicyclic amines) is 2. The van der Waals surface area contributed by atoms with Crippen molar-refractivity contribution in [1.82, 2.24) is 14.8 Å². The van der Waals surface area contributed by atoms with Gasteiger partial charge in [0.2, 0.25) is 17.7 Å². The fraction of sp³-hybridized carbons (Fsp3) is 0.500. The van der Waals surface area contributed by atoms with Crippen LogP contribution in [0.15, 0.2) is 34.7 Å². The number of nitrogens with zero attached hydrogens (tertiary/aromatic N) is 3. The zero-order valence-electron chi connectivity index (χ0n) is 17.0. The molecule has 2 amide bonds. The predicted molar refractivity (Wildman–Crippen MR) is 107 cm³/mol. The summed E-state index contributed by atoms with van der Waals surface area (Å²) < 4.78 is 11.0. The molecule has 0 saturated carbocycles. The normalized spacial score (nSPS) is 20.9. The van der Waals surface area contributed by atoms with Crippen LogP contribution < -0.4 is 0 Å². The van der Waals surface area contributed by atoms with Crippen LogP contribution in [0.2, 0.25) is 0 Å². The van der Waals surface area contributed by atoms with E-state index < -0.39 is 0 Å². The summed E-state index contributed by atoms with van der Waals surface area (Å²) in [6, 6.07) is 9.92. The number of rotatable bonds is 6. The molecular weight excluding hydrogens is 370 g/mol. The number of oxazole rings is 1. The van der Waals surface area contributed by atoms with Gasteiger partial charge in [-0.25, -0.2) is 4.98 Å². The molecule has 1 aromatic heterocycles. The third kappa shape index (κ3) is 4.05. The van der Waals surface area contributed by atoms with Crippen LogP contribution in [0.4, 0.5) is 0 Å². The van der Waals surface area contributed by atoms with Crippen LogP contribution in [0, 0.1) is 12.8 Å². The Kier molecular flexibility index (Phi) is 5.67. The molecule has 2 aromatic rings. The van der Waals surface area contributed by atoms with Gasteiger partial charge in [0.15, 0.2) is 0 Å². The number of carbonyl (C=O) groups is 2. The summed E-state index contributed by atoms with van der Waals surface area (Å²) in [7, 11) is 0. The smallest absolute Gasteiger partial charge is 0.248 e. The Morgan fingerprint density at radius 1 is 1.21 bits per heavy atom. The molecule has 4 rings (SSSR count). The second-order valence-electron chi connectivity index (χ2n) is 7.70. The number of hydrogen-bond acceptors (Lipinski definition) is 5. The maximum atomic E-state index is 12.8. The first-order valence-corrected chi connectivity index (χ1v) is 10.2. The van der Waals surface area contributed by atoms with E-state index in [1.54, 1.807) is 0 Å². The number of carbonyl (C=O) groups excluding carboxylic acids is 2. The molecule has 29 heavy (non-hydrogen) atoms. The van der Waals surface area contributed by atoms with Gasteiger partial charge in [0, 0.05) is 43.8 Å². The van der Waals surface area contributed by atoms with E-state index in [0.717, 1.165) is 12.0 Å². The van der Waals surface area contributed by atoms with Crippen molar-refractivity contribution in [2.45, 2.75) is 32.7 Å². The summed E-state index contributed by atoms with van der Waals surface area (Å²) in [6.07, 6.45) is 1.07. The van der Waals surface area contributed by atoms with Crippen molar-refractivity contribution in [3.05, 3.63) is 41.8 Å². The van der Waals surface area contributed by atoms with E-state index in [9.17, 15) is 9.59 Å². The van der Waals surface area contributed by atoms with Gasteiger partial charge in [-0.05, 0) is 32.4 Å². The highest BCUT2D eigenvalue weighted by Gasteiger charge is 2.45. The quantitative estimate of drug-likeness (QED) is 0.748. The van der Waals surface area contributed by atoms with Crippen LogP contribution in [0.25, 0.3) is 11.5 Å². The maximum absolute atomic E-state index is 12.8. The topological polar surface area (TPSA) is 75.9 Å². The SMILES string of the molecule is CCOCC(=O)N1CC[C@H]2[C@@H](C1)CN2C(=O)Cc1nc(-c2ccccc2)oc1C. The summed E-state index contributed by atoms with van der Waals surface area (Å²) in [5.74, 6) is 1.72. The molecule has 1 aromatic carbocycles. The van der Waals surface area contributed by atoms with Gasteiger partial charge in [0.05, 0.1) is 12.1 Å². The van der Waals surface area contributed by atoms with Crippen molar-refractivity contribution < 1.29 is 18.7 Å². The molecular formula is C22H27N3O4. The van der Waals surface area contributed by atoms with Crippen LogP contribution in [0.1, 0.15) is 24.8 Å². The van der Waals surface area contributed by atoms with Crippen LogP contribution in [0.3, 0.4) is 0 Å². The maximum Gasteiger partial charge on any atom is 0.248 e. The number of piperidine rings is 1. The summed E-state index contributed by atoms with van der Waals surface area (Å²) in [5.41, 5.74) is 1.60. The molecule has 0 bridgehead atoms. The Bertz CT molecular complexity index is 879. The van der Waals surface area contributed by atoms with Gasteiger partial charge in [-0.1, -0.05) is 18.2 Å². The van der Waals surface area contributed by atoms with Crippen molar-refractivity contribution in [1.29, 1.82) is 0 Å². The predicted octanol–water partition coefficient (Wildman–Crippen LogP) is 2.29. The molecule has 154 valence electrons. The molecule has 2 aliphatic rings. The minimum absolute atomic E-state index is 0.0433. The number of benzene rings is 1. The Labute approximate surface area is 170 Å². The average molecular weight is 397 g/mol. The highest BCUT2D eigenvalue weighted by atomic mass is 16.5. The monoisotopic (exact) mass is 397 g/mol. The number of amides is 2. The second-order valence-corrected chi connectivity index (χ2v) is 7.70. The van der Waals surface area contributed by atoms with E-state index in [2.05, 4.69) is 4.98 Å². The van der Waals surface area contributed by atoms with Crippen molar-refractivity contribution in [2.24, 2.45) is 5.92 Å². The summed E-state index contributed by atoms with van der Waals surface area (Å²) in [4.78, 5) is 33.3. The van der Waals surface area contributed by atoms with E-state index in [-0.39, 0.29) is 30.9 Å². The van der Waals surface area contributed by atoms with Gasteiger partial charge in [-0.15, -0.1) is 0 Å². The molecule has 2 saturated heterocycles. The van der Waals surface area contributed by atoms with Gasteiger partial charge in [0.25, 0.3) is 0 Å². The summed E-state index contributed by atoms with van der Waals surface area (Å²) >= 11 is 0. The molecule has 0 spiro atoms. The Hall–Kier alpha value is -2.67. The number of fused-ring (bicyclic) bond motifs is 1. The first-order valence-electron chi connectivity index (χ1n) is 10.2. The minimum Gasteiger partial charge on any atom is -0.441 e. The fourth-order valence-electron chi connectivity index (χ4n) is 4.19. The van der Waals surface area contributed by atoms with Gasteiger partial charge < -0.3 is 19.0 Å². The number of aryl methyl sites for hydroxylation is 1. The van der Waals surface area contributed by atoms with Crippen molar-refractivity contribution in [3.63, 3.8) is 0 Å². The molecule has 0 aliphatic carbocycles. The first kappa shape index (κ1) is 19.6. The second kappa shape index (κ2) is 8.37. The average Bonchev–Trinajstić information content (AvgIpc) is 3.08. The van der Waals surface area contributed by atoms with Gasteiger partial charge >= 0.3 is 0 Å². The highest BCUT2D eigenvalue weighted by molar-refractivity contribution is 5.80. The van der Waals surface area contributed by atoms with Crippen LogP contribution in [0.5, 0.6) is 0 Å².